The van der Waals surface area contributed by atoms with Gasteiger partial charge < -0.3 is 20.9 Å². The first-order valence-electron chi connectivity index (χ1n) is 10.8. The lowest BCUT2D eigenvalue weighted by Crippen LogP contribution is -2.37. The largest absolute Gasteiger partial charge is 0.359 e. The average molecular weight is 436 g/mol. The molecular weight excluding hydrogens is 402 g/mol. The van der Waals surface area contributed by atoms with E-state index in [0.717, 1.165) is 29.3 Å². The molecule has 8 nitrogen and oxygen atoms in total. The Balaban J connectivity index is 2.38. The summed E-state index contributed by atoms with van der Waals surface area (Å²) in [4.78, 5) is 23.4. The number of nitriles is 1. The van der Waals surface area contributed by atoms with Crippen LogP contribution < -0.4 is 16.0 Å². The zero-order chi connectivity index (χ0) is 23.7. The van der Waals surface area contributed by atoms with Gasteiger partial charge in [-0.1, -0.05) is 6.92 Å². The summed E-state index contributed by atoms with van der Waals surface area (Å²) in [6.07, 6.45) is 4.79. The fraction of sp³-hybridized carbons (Fsp3) is 0.417. The van der Waals surface area contributed by atoms with Gasteiger partial charge in [-0.2, -0.15) is 5.26 Å². The van der Waals surface area contributed by atoms with E-state index in [4.69, 9.17) is 0 Å². The number of anilines is 1. The molecule has 2 rings (SSSR count). The molecule has 32 heavy (non-hydrogen) atoms. The molecule has 0 saturated heterocycles. The van der Waals surface area contributed by atoms with Crippen LogP contribution in [-0.2, 0) is 11.2 Å². The Hall–Kier alpha value is -3.60. The summed E-state index contributed by atoms with van der Waals surface area (Å²) < 4.78 is 0. The molecule has 1 aliphatic heterocycles. The molecule has 0 aromatic heterocycles. The lowest BCUT2D eigenvalue weighted by molar-refractivity contribution is -0.119. The molecule has 0 aliphatic carbocycles. The molecule has 8 heteroatoms. The zero-order valence-electron chi connectivity index (χ0n) is 19.8. The monoisotopic (exact) mass is 435 g/mol. The van der Waals surface area contributed by atoms with Gasteiger partial charge in [-0.3, -0.25) is 9.79 Å². The zero-order valence-corrected chi connectivity index (χ0v) is 19.8. The van der Waals surface area contributed by atoms with Gasteiger partial charge >= 0.3 is 0 Å². The normalized spacial score (nSPS) is 16.7. The Bertz CT molecular complexity index is 998. The van der Waals surface area contributed by atoms with Crippen LogP contribution in [0.4, 0.5) is 5.69 Å². The maximum Gasteiger partial charge on any atom is 0.225 e. The predicted octanol–water partition coefficient (Wildman–Crippen LogP) is 3.15. The number of rotatable bonds is 8. The Morgan fingerprint density at radius 1 is 1.34 bits per heavy atom. The van der Waals surface area contributed by atoms with Crippen molar-refractivity contribution in [2.75, 3.05) is 26.0 Å². The molecule has 1 heterocycles. The van der Waals surface area contributed by atoms with E-state index in [9.17, 15) is 10.1 Å². The summed E-state index contributed by atoms with van der Waals surface area (Å²) >= 11 is 0. The summed E-state index contributed by atoms with van der Waals surface area (Å²) in [7, 11) is 3.62. The first-order chi connectivity index (χ1) is 15.3. The standard InChI is InChI=1S/C24H33N7O/c1-7-19-12-18(15-25)9-10-21(19)29-20(14-24(32)26-5)13-22(27-8-2)30-23-11-16(3)31(6)17(4)28-23/h9-13,16,29H,7-8,14H2,1-6H3,(H,26,32)(H,27,30)/b20-13+. The molecule has 0 fully saturated rings. The molecule has 3 N–H and O–H groups in total. The average Bonchev–Trinajstić information content (AvgIpc) is 2.77. The van der Waals surface area contributed by atoms with Crippen molar-refractivity contribution in [3.8, 4) is 6.07 Å². The molecular formula is C24H33N7O. The summed E-state index contributed by atoms with van der Waals surface area (Å²) in [6, 6.07) is 7.87. The van der Waals surface area contributed by atoms with E-state index in [1.807, 2.05) is 52.1 Å². The van der Waals surface area contributed by atoms with Gasteiger partial charge in [0, 0.05) is 44.1 Å². The van der Waals surface area contributed by atoms with Gasteiger partial charge in [0.1, 0.15) is 17.5 Å². The van der Waals surface area contributed by atoms with E-state index < -0.39 is 0 Å². The fourth-order valence-electron chi connectivity index (χ4n) is 3.23. The second kappa shape index (κ2) is 11.7. The van der Waals surface area contributed by atoms with Crippen molar-refractivity contribution in [1.82, 2.24) is 15.5 Å². The van der Waals surface area contributed by atoms with Gasteiger partial charge in [-0.15, -0.1) is 0 Å². The minimum atomic E-state index is -0.118. The quantitative estimate of drug-likeness (QED) is 0.430. The van der Waals surface area contributed by atoms with Gasteiger partial charge in [0.15, 0.2) is 0 Å². The number of nitrogens with one attached hydrogen (secondary N) is 3. The summed E-state index contributed by atoms with van der Waals surface area (Å²) in [5.41, 5.74) is 3.15. The van der Waals surface area contributed by atoms with Gasteiger partial charge in [0.25, 0.3) is 0 Å². The molecule has 1 aliphatic rings. The first kappa shape index (κ1) is 24.7. The maximum atomic E-state index is 12.2. The first-order valence-corrected chi connectivity index (χ1v) is 10.8. The number of amidine groups is 2. The van der Waals surface area contributed by atoms with E-state index >= 15 is 0 Å². The van der Waals surface area contributed by atoms with Crippen LogP contribution in [0, 0.1) is 11.3 Å². The van der Waals surface area contributed by atoms with E-state index in [1.165, 1.54) is 0 Å². The van der Waals surface area contributed by atoms with E-state index in [1.54, 1.807) is 13.1 Å². The highest BCUT2D eigenvalue weighted by Gasteiger charge is 2.16. The number of benzene rings is 1. The van der Waals surface area contributed by atoms with Gasteiger partial charge in [0.2, 0.25) is 5.91 Å². The number of aryl methyl sites for hydroxylation is 1. The Morgan fingerprint density at radius 2 is 2.09 bits per heavy atom. The lowest BCUT2D eigenvalue weighted by Gasteiger charge is -2.28. The third-order valence-electron chi connectivity index (χ3n) is 5.24. The topological polar surface area (TPSA) is 105 Å². The van der Waals surface area contributed by atoms with Crippen molar-refractivity contribution < 1.29 is 4.79 Å². The third kappa shape index (κ3) is 6.71. The fourth-order valence-corrected chi connectivity index (χ4v) is 3.23. The van der Waals surface area contributed by atoms with Gasteiger partial charge in [-0.05, 0) is 57.0 Å². The maximum absolute atomic E-state index is 12.2. The van der Waals surface area contributed by atoms with Crippen LogP contribution in [0.15, 0.2) is 51.9 Å². The number of hydrogen-bond acceptors (Lipinski definition) is 6. The van der Waals surface area contributed by atoms with E-state index in [-0.39, 0.29) is 18.4 Å². The van der Waals surface area contributed by atoms with Crippen molar-refractivity contribution in [2.45, 2.75) is 46.6 Å². The number of likely N-dealkylation sites (N-methyl/N-ethyl adjacent to an activating group) is 1. The van der Waals surface area contributed by atoms with Gasteiger partial charge in [0.05, 0.1) is 18.1 Å². The molecule has 1 amide bonds. The van der Waals surface area contributed by atoms with Crippen LogP contribution in [0.5, 0.6) is 0 Å². The lowest BCUT2D eigenvalue weighted by atomic mass is 10.1. The molecule has 1 unspecified atom stereocenters. The second-order valence-corrected chi connectivity index (χ2v) is 7.53. The summed E-state index contributed by atoms with van der Waals surface area (Å²) in [6.45, 7) is 8.63. The highest BCUT2D eigenvalue weighted by Crippen LogP contribution is 2.21. The number of nitrogens with zero attached hydrogens (tertiary/aromatic N) is 4. The molecule has 1 atom stereocenters. The van der Waals surface area contributed by atoms with Crippen LogP contribution in [0.25, 0.3) is 0 Å². The molecule has 1 aromatic carbocycles. The number of hydrogen-bond donors (Lipinski definition) is 3. The molecule has 0 bridgehead atoms. The minimum absolute atomic E-state index is 0.118. The Kier molecular flexibility index (Phi) is 9.02. The summed E-state index contributed by atoms with van der Waals surface area (Å²) in [5.74, 6) is 2.14. The highest BCUT2D eigenvalue weighted by molar-refractivity contribution is 5.96. The van der Waals surface area contributed by atoms with Crippen LogP contribution in [0.2, 0.25) is 0 Å². The number of aliphatic imine (C=N–C) groups is 2. The van der Waals surface area contributed by atoms with Crippen LogP contribution in [-0.4, -0.2) is 49.2 Å². The Morgan fingerprint density at radius 3 is 2.69 bits per heavy atom. The van der Waals surface area contributed by atoms with Crippen LogP contribution >= 0.6 is 0 Å². The summed E-state index contributed by atoms with van der Waals surface area (Å²) in [5, 5.41) is 18.5. The Labute approximate surface area is 190 Å². The number of carbonyl (C=O) groups excluding carboxylic acids is 1. The predicted molar refractivity (Wildman–Crippen MR) is 130 cm³/mol. The highest BCUT2D eigenvalue weighted by atomic mass is 16.1. The van der Waals surface area contributed by atoms with Crippen molar-refractivity contribution in [3.05, 3.63) is 53.0 Å². The molecule has 0 saturated carbocycles. The van der Waals surface area contributed by atoms with Crippen molar-refractivity contribution >= 4 is 23.3 Å². The van der Waals surface area contributed by atoms with Crippen LogP contribution in [0.1, 0.15) is 45.2 Å². The van der Waals surface area contributed by atoms with Crippen molar-refractivity contribution in [1.29, 1.82) is 5.26 Å². The van der Waals surface area contributed by atoms with Gasteiger partial charge in [-0.25, -0.2) is 4.99 Å². The number of carbonyl (C=O) groups is 1. The minimum Gasteiger partial charge on any atom is -0.359 e. The van der Waals surface area contributed by atoms with Crippen molar-refractivity contribution in [2.24, 2.45) is 9.98 Å². The SMILES string of the molecule is CC/N=C(\C=C(/CC(=O)NC)Nc1ccc(C#N)cc1CC)NC1=CC(C)N(C)C(C)=N1. The van der Waals surface area contributed by atoms with Crippen molar-refractivity contribution in [3.63, 3.8) is 0 Å². The van der Waals surface area contributed by atoms with Crippen LogP contribution in [0.3, 0.4) is 0 Å². The second-order valence-electron chi connectivity index (χ2n) is 7.53. The molecule has 1 aromatic rings. The molecule has 0 radical (unpaired) electrons. The molecule has 0 spiro atoms. The van der Waals surface area contributed by atoms with E-state index in [2.05, 4.69) is 43.8 Å². The smallest absolute Gasteiger partial charge is 0.225 e. The molecule has 170 valence electrons. The number of amides is 1. The third-order valence-corrected chi connectivity index (χ3v) is 5.24. The van der Waals surface area contributed by atoms with E-state index in [0.29, 0.717) is 23.6 Å².